The van der Waals surface area contributed by atoms with Crippen LogP contribution in [-0.2, 0) is 16.0 Å². The van der Waals surface area contributed by atoms with Crippen molar-refractivity contribution in [2.45, 2.75) is 19.4 Å². The highest BCUT2D eigenvalue weighted by atomic mass is 79.9. The maximum Gasteiger partial charge on any atom is 0.0701 e. The average Bonchev–Trinajstić information content (AvgIpc) is 2.73. The molecule has 0 fully saturated rings. The minimum absolute atomic E-state index is 0.686. The summed E-state index contributed by atoms with van der Waals surface area (Å²) in [6, 6.07) is 4.24. The predicted octanol–water partition coefficient (Wildman–Crippen LogP) is 3.04. The van der Waals surface area contributed by atoms with E-state index in [1.807, 2.05) is 0 Å². The highest BCUT2D eigenvalue weighted by molar-refractivity contribution is 9.11. The number of halogens is 1. The Morgan fingerprint density at radius 1 is 1.24 bits per heavy atom. The topological polar surface area (TPSA) is 30.5 Å². The van der Waals surface area contributed by atoms with Crippen LogP contribution < -0.4 is 5.32 Å². The summed E-state index contributed by atoms with van der Waals surface area (Å²) < 4.78 is 11.5. The van der Waals surface area contributed by atoms with E-state index >= 15 is 0 Å². The Bertz CT molecular complexity index is 294. The van der Waals surface area contributed by atoms with Crippen molar-refractivity contribution in [2.24, 2.45) is 0 Å². The summed E-state index contributed by atoms with van der Waals surface area (Å²) in [5.74, 6) is 0. The summed E-state index contributed by atoms with van der Waals surface area (Å²) >= 11 is 5.24. The van der Waals surface area contributed by atoms with Crippen LogP contribution in [0.15, 0.2) is 15.9 Å². The van der Waals surface area contributed by atoms with E-state index in [9.17, 15) is 0 Å². The highest BCUT2D eigenvalue weighted by Crippen LogP contribution is 2.21. The van der Waals surface area contributed by atoms with E-state index in [0.717, 1.165) is 32.5 Å². The molecule has 17 heavy (non-hydrogen) atoms. The number of thiophene rings is 1. The standard InChI is InChI=1S/C12H20BrNO2S/c1-15-8-9-16-7-3-2-6-14-10-11-4-5-12(13)17-11/h4-5,14H,2-3,6-10H2,1H3. The molecule has 5 heteroatoms. The lowest BCUT2D eigenvalue weighted by Crippen LogP contribution is -2.14. The normalized spacial score (nSPS) is 10.9. The fourth-order valence-electron chi connectivity index (χ4n) is 1.36. The van der Waals surface area contributed by atoms with Crippen molar-refractivity contribution in [1.82, 2.24) is 5.32 Å². The molecule has 0 unspecified atom stereocenters. The van der Waals surface area contributed by atoms with Gasteiger partial charge in [0.1, 0.15) is 0 Å². The third kappa shape index (κ3) is 7.89. The Morgan fingerprint density at radius 2 is 2.12 bits per heavy atom. The van der Waals surface area contributed by atoms with Crippen LogP contribution in [0.25, 0.3) is 0 Å². The number of nitrogens with one attached hydrogen (secondary N) is 1. The molecule has 0 amide bonds. The molecule has 0 aliphatic rings. The smallest absolute Gasteiger partial charge is 0.0701 e. The summed E-state index contributed by atoms with van der Waals surface area (Å²) in [5.41, 5.74) is 0. The molecule has 0 atom stereocenters. The van der Waals surface area contributed by atoms with Crippen LogP contribution in [0.2, 0.25) is 0 Å². The van der Waals surface area contributed by atoms with Crippen LogP contribution in [0, 0.1) is 0 Å². The second-order valence-corrected chi connectivity index (χ2v) is 6.24. The Labute approximate surface area is 116 Å². The van der Waals surface area contributed by atoms with Gasteiger partial charge < -0.3 is 14.8 Å². The fourth-order valence-corrected chi connectivity index (χ4v) is 2.81. The van der Waals surface area contributed by atoms with Crippen molar-refractivity contribution in [1.29, 1.82) is 0 Å². The van der Waals surface area contributed by atoms with Crippen molar-refractivity contribution in [3.8, 4) is 0 Å². The van der Waals surface area contributed by atoms with Gasteiger partial charge >= 0.3 is 0 Å². The first-order chi connectivity index (χ1) is 8.33. The quantitative estimate of drug-likeness (QED) is 0.672. The van der Waals surface area contributed by atoms with Crippen molar-refractivity contribution in [2.75, 3.05) is 33.5 Å². The van der Waals surface area contributed by atoms with Crippen molar-refractivity contribution >= 4 is 27.3 Å². The van der Waals surface area contributed by atoms with E-state index in [-0.39, 0.29) is 0 Å². The van der Waals surface area contributed by atoms with E-state index < -0.39 is 0 Å². The van der Waals surface area contributed by atoms with Gasteiger partial charge in [-0.05, 0) is 47.4 Å². The molecule has 0 saturated heterocycles. The van der Waals surface area contributed by atoms with Gasteiger partial charge in [0.15, 0.2) is 0 Å². The molecule has 1 aromatic heterocycles. The van der Waals surface area contributed by atoms with Crippen LogP contribution in [0.4, 0.5) is 0 Å². The first kappa shape index (κ1) is 15.1. The molecule has 1 heterocycles. The van der Waals surface area contributed by atoms with E-state index in [1.165, 1.54) is 8.66 Å². The maximum absolute atomic E-state index is 5.39. The van der Waals surface area contributed by atoms with Gasteiger partial charge in [0.25, 0.3) is 0 Å². The first-order valence-corrected chi connectivity index (χ1v) is 7.45. The molecule has 1 N–H and O–H groups in total. The molecule has 3 nitrogen and oxygen atoms in total. The van der Waals surface area contributed by atoms with Gasteiger partial charge in [0.2, 0.25) is 0 Å². The molecule has 98 valence electrons. The van der Waals surface area contributed by atoms with Crippen molar-refractivity contribution in [3.05, 3.63) is 20.8 Å². The zero-order valence-electron chi connectivity index (χ0n) is 10.2. The molecule has 1 aromatic rings. The fraction of sp³-hybridized carbons (Fsp3) is 0.667. The molecule has 1 rings (SSSR count). The molecule has 0 saturated carbocycles. The molecule has 0 radical (unpaired) electrons. The Morgan fingerprint density at radius 3 is 2.82 bits per heavy atom. The summed E-state index contributed by atoms with van der Waals surface area (Å²) in [5, 5.41) is 3.43. The van der Waals surface area contributed by atoms with Crippen molar-refractivity contribution < 1.29 is 9.47 Å². The lowest BCUT2D eigenvalue weighted by molar-refractivity contribution is 0.0688. The van der Waals surface area contributed by atoms with Crippen LogP contribution in [0.3, 0.4) is 0 Å². The van der Waals surface area contributed by atoms with E-state index in [2.05, 4.69) is 33.4 Å². The number of hydrogen-bond acceptors (Lipinski definition) is 4. The SMILES string of the molecule is COCCOCCCCNCc1ccc(Br)s1. The number of methoxy groups -OCH3 is 1. The maximum atomic E-state index is 5.39. The van der Waals surface area contributed by atoms with Gasteiger partial charge in [-0.1, -0.05) is 0 Å². The van der Waals surface area contributed by atoms with Crippen LogP contribution >= 0.6 is 27.3 Å². The molecule has 0 aliphatic heterocycles. The van der Waals surface area contributed by atoms with Gasteiger partial charge in [-0.2, -0.15) is 0 Å². The number of ether oxygens (including phenoxy) is 2. The van der Waals surface area contributed by atoms with Crippen LogP contribution in [0.5, 0.6) is 0 Å². The lowest BCUT2D eigenvalue weighted by Gasteiger charge is -2.04. The molecular formula is C12H20BrNO2S. The molecule has 0 aliphatic carbocycles. The zero-order valence-corrected chi connectivity index (χ0v) is 12.6. The summed E-state index contributed by atoms with van der Waals surface area (Å²) in [7, 11) is 1.69. The Balaban J connectivity index is 1.84. The van der Waals surface area contributed by atoms with Crippen LogP contribution in [0.1, 0.15) is 17.7 Å². The van der Waals surface area contributed by atoms with E-state index in [0.29, 0.717) is 13.2 Å². The number of hydrogen-bond donors (Lipinski definition) is 1. The Hall–Kier alpha value is 0.0600. The first-order valence-electron chi connectivity index (χ1n) is 5.84. The third-order valence-corrected chi connectivity index (χ3v) is 3.88. The third-order valence-electron chi connectivity index (χ3n) is 2.25. The van der Waals surface area contributed by atoms with Gasteiger partial charge in [0, 0.05) is 25.1 Å². The summed E-state index contributed by atoms with van der Waals surface area (Å²) in [6.07, 6.45) is 2.25. The number of rotatable bonds is 10. The highest BCUT2D eigenvalue weighted by Gasteiger charge is 1.96. The molecule has 0 bridgehead atoms. The monoisotopic (exact) mass is 321 g/mol. The summed E-state index contributed by atoms with van der Waals surface area (Å²) in [4.78, 5) is 1.37. The van der Waals surface area contributed by atoms with Crippen molar-refractivity contribution in [3.63, 3.8) is 0 Å². The minimum atomic E-state index is 0.686. The van der Waals surface area contributed by atoms with E-state index in [1.54, 1.807) is 18.4 Å². The summed E-state index contributed by atoms with van der Waals surface area (Å²) in [6.45, 7) is 4.22. The average molecular weight is 322 g/mol. The Kier molecular flexibility index (Phi) is 8.92. The molecule has 0 spiro atoms. The largest absolute Gasteiger partial charge is 0.382 e. The number of unbranched alkanes of at least 4 members (excludes halogenated alkanes) is 1. The molecular weight excluding hydrogens is 302 g/mol. The molecule has 0 aromatic carbocycles. The lowest BCUT2D eigenvalue weighted by atomic mass is 10.3. The van der Waals surface area contributed by atoms with Gasteiger partial charge in [-0.15, -0.1) is 11.3 Å². The predicted molar refractivity (Wildman–Crippen MR) is 75.7 cm³/mol. The second kappa shape index (κ2) is 10.0. The van der Waals surface area contributed by atoms with Gasteiger partial charge in [-0.3, -0.25) is 0 Å². The van der Waals surface area contributed by atoms with Gasteiger partial charge in [-0.25, -0.2) is 0 Å². The second-order valence-electron chi connectivity index (χ2n) is 3.69. The van der Waals surface area contributed by atoms with Gasteiger partial charge in [0.05, 0.1) is 17.0 Å². The zero-order chi connectivity index (χ0) is 12.3. The minimum Gasteiger partial charge on any atom is -0.382 e. The van der Waals surface area contributed by atoms with Crippen LogP contribution in [-0.4, -0.2) is 33.5 Å². The van der Waals surface area contributed by atoms with E-state index in [4.69, 9.17) is 9.47 Å².